The lowest BCUT2D eigenvalue weighted by Gasteiger charge is -2.27. The van der Waals surface area contributed by atoms with Crippen molar-refractivity contribution < 1.29 is 18.9 Å². The fourth-order valence-electron chi connectivity index (χ4n) is 7.57. The van der Waals surface area contributed by atoms with Crippen LogP contribution < -0.4 is 16.0 Å². The van der Waals surface area contributed by atoms with E-state index in [4.69, 9.17) is 18.9 Å². The first-order valence-electron chi connectivity index (χ1n) is 23.7. The van der Waals surface area contributed by atoms with Crippen molar-refractivity contribution in [2.45, 2.75) is 221 Å². The molecule has 8 nitrogen and oxygen atoms in total. The monoisotopic (exact) mass is 797 g/mol. The summed E-state index contributed by atoms with van der Waals surface area (Å²) in [7, 11) is 0. The molecular weight excluding hydrogens is 697 g/mol. The van der Waals surface area contributed by atoms with Crippen LogP contribution in [0.1, 0.15) is 192 Å². The molecule has 0 aromatic heterocycles. The summed E-state index contributed by atoms with van der Waals surface area (Å²) in [4.78, 5) is 2.56. The highest BCUT2D eigenvalue weighted by atomic mass is 16.5. The van der Waals surface area contributed by atoms with Crippen LogP contribution in [0.4, 0.5) is 0 Å². The Bertz CT molecular complexity index is 724. The van der Waals surface area contributed by atoms with Gasteiger partial charge in [-0.15, -0.1) is 0 Å². The van der Waals surface area contributed by atoms with Crippen LogP contribution in [-0.4, -0.2) is 112 Å². The average Bonchev–Trinajstić information content (AvgIpc) is 3.13. The van der Waals surface area contributed by atoms with E-state index in [-0.39, 0.29) is 22.4 Å². The summed E-state index contributed by atoms with van der Waals surface area (Å²) >= 11 is 0. The van der Waals surface area contributed by atoms with E-state index < -0.39 is 0 Å². The van der Waals surface area contributed by atoms with Crippen LogP contribution in [0, 0.1) is 11.8 Å². The number of rotatable bonds is 16. The largest absolute Gasteiger partial charge is 0.376 e. The first-order valence-corrected chi connectivity index (χ1v) is 23.7. The van der Waals surface area contributed by atoms with Crippen molar-refractivity contribution in [2.24, 2.45) is 11.8 Å². The van der Waals surface area contributed by atoms with Gasteiger partial charge in [0.05, 0.1) is 22.4 Å². The number of nitrogens with one attached hydrogen (secondary N) is 3. The van der Waals surface area contributed by atoms with Crippen LogP contribution in [0.2, 0.25) is 0 Å². The van der Waals surface area contributed by atoms with Crippen LogP contribution in [-0.2, 0) is 18.9 Å². The molecular formula is C48H100N4O4. The Morgan fingerprint density at radius 2 is 0.946 bits per heavy atom. The summed E-state index contributed by atoms with van der Waals surface area (Å²) in [6.45, 7) is 39.0. The molecule has 4 aliphatic rings. The predicted octanol–water partition coefficient (Wildman–Crippen LogP) is 10.6. The van der Waals surface area contributed by atoms with Gasteiger partial charge in [0.1, 0.15) is 0 Å². The van der Waals surface area contributed by atoms with E-state index in [1.807, 2.05) is 0 Å². The topological polar surface area (TPSA) is 76.2 Å². The molecule has 336 valence electrons. The Labute approximate surface area is 350 Å². The maximum absolute atomic E-state index is 5.70. The second-order valence-corrected chi connectivity index (χ2v) is 21.1. The molecule has 0 aromatic rings. The second-order valence-electron chi connectivity index (χ2n) is 21.1. The van der Waals surface area contributed by atoms with Crippen molar-refractivity contribution in [1.29, 1.82) is 0 Å². The van der Waals surface area contributed by atoms with Crippen molar-refractivity contribution >= 4 is 0 Å². The van der Waals surface area contributed by atoms with Gasteiger partial charge in [-0.2, -0.15) is 0 Å². The second kappa shape index (κ2) is 30.7. The maximum atomic E-state index is 5.70. The van der Waals surface area contributed by atoms with Crippen molar-refractivity contribution in [2.75, 3.05) is 78.8 Å². The Morgan fingerprint density at radius 1 is 0.446 bits per heavy atom. The number of likely N-dealkylation sites (tertiary alicyclic amines) is 1. The van der Waals surface area contributed by atoms with Gasteiger partial charge in [0, 0.05) is 39.0 Å². The standard InChI is InChI=1S/4C12H25NO/c1-12(2,3)14-9-5-7-11-6-4-8-13-10-11;1-12(2,3)14-10-4-5-11-6-8-13-9-7-11;1-12(2,3)14-10-6-8-11-7-4-5-9-13-11;1-12(2,3)14-11-7-10-13-8-5-4-6-9-13/h3*11,13H,4-10H2,1-3H3;4-11H2,1-3H3. The highest BCUT2D eigenvalue weighted by molar-refractivity contribution is 4.73. The minimum Gasteiger partial charge on any atom is -0.376 e. The van der Waals surface area contributed by atoms with Crippen LogP contribution in [0.15, 0.2) is 0 Å². The molecule has 56 heavy (non-hydrogen) atoms. The number of nitrogens with zero attached hydrogens (tertiary/aromatic N) is 1. The van der Waals surface area contributed by atoms with E-state index in [0.29, 0.717) is 0 Å². The minimum atomic E-state index is 0.0278. The zero-order chi connectivity index (χ0) is 41.8. The van der Waals surface area contributed by atoms with Gasteiger partial charge in [-0.25, -0.2) is 0 Å². The molecule has 8 heteroatoms. The number of ether oxygens (including phenoxy) is 4. The van der Waals surface area contributed by atoms with Gasteiger partial charge in [0.15, 0.2) is 0 Å². The number of hydrogen-bond acceptors (Lipinski definition) is 8. The van der Waals surface area contributed by atoms with Gasteiger partial charge >= 0.3 is 0 Å². The summed E-state index contributed by atoms with van der Waals surface area (Å²) in [5.41, 5.74) is 0.126. The lowest BCUT2D eigenvalue weighted by molar-refractivity contribution is -0.00754. The SMILES string of the molecule is CC(C)(C)OCCCC1CCCCN1.CC(C)(C)OCCCC1CCCNC1.CC(C)(C)OCCCC1CCNCC1.CC(C)(C)OCCCN1CCCCC1. The summed E-state index contributed by atoms with van der Waals surface area (Å²) < 4.78 is 22.8. The summed E-state index contributed by atoms with van der Waals surface area (Å²) in [6, 6.07) is 0.757. The van der Waals surface area contributed by atoms with Crippen molar-refractivity contribution in [1.82, 2.24) is 20.9 Å². The van der Waals surface area contributed by atoms with Crippen molar-refractivity contribution in [3.05, 3.63) is 0 Å². The van der Waals surface area contributed by atoms with Crippen molar-refractivity contribution in [3.63, 3.8) is 0 Å². The first kappa shape index (κ1) is 53.7. The molecule has 0 aliphatic carbocycles. The zero-order valence-corrected chi connectivity index (χ0v) is 39.8. The van der Waals surface area contributed by atoms with Gasteiger partial charge in [-0.1, -0.05) is 12.8 Å². The van der Waals surface area contributed by atoms with Gasteiger partial charge in [0.2, 0.25) is 0 Å². The molecule has 4 saturated heterocycles. The van der Waals surface area contributed by atoms with Crippen LogP contribution in [0.3, 0.4) is 0 Å². The van der Waals surface area contributed by atoms with E-state index in [1.54, 1.807) is 0 Å². The molecule has 0 saturated carbocycles. The fourth-order valence-corrected chi connectivity index (χ4v) is 7.57. The van der Waals surface area contributed by atoms with E-state index in [1.165, 1.54) is 162 Å². The molecule has 2 atom stereocenters. The van der Waals surface area contributed by atoms with Gasteiger partial charge < -0.3 is 39.8 Å². The summed E-state index contributed by atoms with van der Waals surface area (Å²) in [5, 5.41) is 10.4. The van der Waals surface area contributed by atoms with E-state index in [0.717, 1.165) is 44.3 Å². The molecule has 0 radical (unpaired) electrons. The molecule has 4 aliphatic heterocycles. The molecule has 3 N–H and O–H groups in total. The Kier molecular flexibility index (Phi) is 29.4. The molecule has 0 spiro atoms. The minimum absolute atomic E-state index is 0.0278. The van der Waals surface area contributed by atoms with E-state index in [9.17, 15) is 0 Å². The quantitative estimate of drug-likeness (QED) is 0.133. The Hall–Kier alpha value is -0.320. The third-order valence-electron chi connectivity index (χ3n) is 10.7. The summed E-state index contributed by atoms with van der Waals surface area (Å²) in [5.74, 6) is 1.84. The molecule has 0 bridgehead atoms. The molecule has 4 heterocycles. The Morgan fingerprint density at radius 3 is 1.41 bits per heavy atom. The Balaban J connectivity index is 0.000000373. The summed E-state index contributed by atoms with van der Waals surface area (Å²) in [6.07, 6.45) is 22.5. The molecule has 4 fully saturated rings. The predicted molar refractivity (Wildman–Crippen MR) is 242 cm³/mol. The van der Waals surface area contributed by atoms with Crippen molar-refractivity contribution in [3.8, 4) is 0 Å². The normalized spacial score (nSPS) is 21.9. The van der Waals surface area contributed by atoms with Crippen LogP contribution >= 0.6 is 0 Å². The lowest BCUT2D eigenvalue weighted by Crippen LogP contribution is -2.34. The lowest BCUT2D eigenvalue weighted by atomic mass is 9.93. The third-order valence-corrected chi connectivity index (χ3v) is 10.7. The average molecular weight is 797 g/mol. The number of piperidine rings is 4. The molecule has 0 amide bonds. The van der Waals surface area contributed by atoms with E-state index in [2.05, 4.69) is 104 Å². The van der Waals surface area contributed by atoms with Gasteiger partial charge in [-0.05, 0) is 237 Å². The third kappa shape index (κ3) is 36.7. The molecule has 0 aromatic carbocycles. The maximum Gasteiger partial charge on any atom is 0.0598 e. The van der Waals surface area contributed by atoms with Crippen LogP contribution in [0.25, 0.3) is 0 Å². The van der Waals surface area contributed by atoms with E-state index >= 15 is 0 Å². The number of hydrogen-bond donors (Lipinski definition) is 3. The van der Waals surface area contributed by atoms with Gasteiger partial charge in [0.25, 0.3) is 0 Å². The zero-order valence-electron chi connectivity index (χ0n) is 39.8. The highest BCUT2D eigenvalue weighted by Gasteiger charge is 2.17. The van der Waals surface area contributed by atoms with Gasteiger partial charge in [-0.3, -0.25) is 0 Å². The first-order chi connectivity index (χ1) is 26.3. The molecule has 2 unspecified atom stereocenters. The van der Waals surface area contributed by atoms with Crippen LogP contribution in [0.5, 0.6) is 0 Å². The smallest absolute Gasteiger partial charge is 0.0598 e. The highest BCUT2D eigenvalue weighted by Crippen LogP contribution is 2.19. The fraction of sp³-hybridized carbons (Fsp3) is 1.00. The molecule has 4 rings (SSSR count).